The average molecular weight is 668 g/mol. The van der Waals surface area contributed by atoms with E-state index < -0.39 is 60.4 Å². The van der Waals surface area contributed by atoms with Crippen LogP contribution >= 0.6 is 11.3 Å². The number of rotatable bonds is 5. The lowest BCUT2D eigenvalue weighted by Crippen LogP contribution is -2.00. The minimum atomic E-state index is -0.612. The molecule has 50 heavy (non-hydrogen) atoms. The molecule has 0 aliphatic heterocycles. The zero-order valence-electron chi connectivity index (χ0n) is 36.0. The molecule has 0 radical (unpaired) electrons. The fourth-order valence-corrected chi connectivity index (χ4v) is 7.78. The normalized spacial score (nSPS) is 14.4. The summed E-state index contributed by atoms with van der Waals surface area (Å²) in [4.78, 5) is 13.6. The van der Waals surface area contributed by atoms with Crippen LogP contribution in [-0.2, 0) is 0 Å². The molecule has 0 bridgehead atoms. The minimum Gasteiger partial charge on any atom is -0.456 e. The Hall–Kier alpha value is -6.43. The maximum absolute atomic E-state index is 8.65. The van der Waals surface area contributed by atoms with Crippen molar-refractivity contribution in [2.45, 2.75) is 0 Å². The van der Waals surface area contributed by atoms with Crippen molar-refractivity contribution < 1.29 is 18.1 Å². The van der Waals surface area contributed by atoms with Crippen molar-refractivity contribution in [3.8, 4) is 56.4 Å². The molecule has 0 aliphatic carbocycles. The third-order valence-electron chi connectivity index (χ3n) is 8.75. The predicted octanol–water partition coefficient (Wildman–Crippen LogP) is 12.5. The topological polar surface area (TPSA) is 51.8 Å². The van der Waals surface area contributed by atoms with Gasteiger partial charge in [-0.25, -0.2) is 15.0 Å². The van der Waals surface area contributed by atoms with Crippen LogP contribution in [0.2, 0.25) is 0 Å². The van der Waals surface area contributed by atoms with Crippen molar-refractivity contribution in [1.29, 1.82) is 0 Å². The van der Waals surface area contributed by atoms with Gasteiger partial charge in [0.05, 0.1) is 13.7 Å². The summed E-state index contributed by atoms with van der Waals surface area (Å²) in [5.74, 6) is -0.717. The van der Waals surface area contributed by atoms with Gasteiger partial charge in [0.25, 0.3) is 0 Å². The van der Waals surface area contributed by atoms with E-state index in [2.05, 4.69) is 75.6 Å². The molecule has 0 aliphatic rings. The molecule has 3 heterocycles. The lowest BCUT2D eigenvalue weighted by atomic mass is 9.91. The van der Waals surface area contributed by atoms with Crippen molar-refractivity contribution in [3.63, 3.8) is 0 Å². The molecular formula is C45H27N3OS. The molecule has 3 aromatic heterocycles. The van der Waals surface area contributed by atoms with E-state index >= 15 is 0 Å². The number of thiophene rings is 1. The molecule has 10 aromatic rings. The van der Waals surface area contributed by atoms with E-state index in [4.69, 9.17) is 18.1 Å². The molecule has 10 rings (SSSR count). The summed E-state index contributed by atoms with van der Waals surface area (Å²) >= 11 is 1.77. The second kappa shape index (κ2) is 11.6. The molecule has 0 spiro atoms. The van der Waals surface area contributed by atoms with E-state index in [1.165, 1.54) is 20.2 Å². The van der Waals surface area contributed by atoms with Crippen molar-refractivity contribution in [2.24, 2.45) is 0 Å². The van der Waals surface area contributed by atoms with E-state index in [1.54, 1.807) is 23.5 Å². The molecule has 5 heteroatoms. The van der Waals surface area contributed by atoms with Gasteiger partial charge in [0, 0.05) is 53.2 Å². The number of fused-ring (bicyclic) bond motifs is 6. The smallest absolute Gasteiger partial charge is 0.164 e. The Morgan fingerprint density at radius 3 is 1.78 bits per heavy atom. The summed E-state index contributed by atoms with van der Waals surface area (Å²) in [5, 5.41) is 4.09. The van der Waals surface area contributed by atoms with Gasteiger partial charge in [0.2, 0.25) is 0 Å². The first kappa shape index (κ1) is 20.2. The van der Waals surface area contributed by atoms with Gasteiger partial charge in [-0.3, -0.25) is 0 Å². The molecule has 0 N–H and O–H groups in total. The van der Waals surface area contributed by atoms with Crippen LogP contribution in [0.25, 0.3) is 98.5 Å². The monoisotopic (exact) mass is 667 g/mol. The van der Waals surface area contributed by atoms with Crippen LogP contribution in [0.3, 0.4) is 0 Å². The van der Waals surface area contributed by atoms with Crippen LogP contribution in [0, 0.1) is 0 Å². The maximum Gasteiger partial charge on any atom is 0.164 e. The number of aromatic nitrogens is 3. The minimum absolute atomic E-state index is 0.0435. The third kappa shape index (κ3) is 4.71. The highest BCUT2D eigenvalue weighted by atomic mass is 32.1. The summed E-state index contributed by atoms with van der Waals surface area (Å²) in [6.45, 7) is 0. The van der Waals surface area contributed by atoms with Crippen LogP contribution in [0.4, 0.5) is 0 Å². The number of furan rings is 1. The quantitative estimate of drug-likeness (QED) is 0.183. The number of nitrogens with zero attached hydrogens (tertiary/aromatic N) is 3. The Morgan fingerprint density at radius 2 is 1.04 bits per heavy atom. The molecule has 0 unspecified atom stereocenters. The van der Waals surface area contributed by atoms with Crippen LogP contribution in [-0.4, -0.2) is 15.0 Å². The lowest BCUT2D eigenvalue weighted by molar-refractivity contribution is 0.669. The van der Waals surface area contributed by atoms with Crippen LogP contribution in [0.1, 0.15) is 13.7 Å². The van der Waals surface area contributed by atoms with E-state index in [0.29, 0.717) is 16.7 Å². The van der Waals surface area contributed by atoms with Gasteiger partial charge < -0.3 is 4.42 Å². The SMILES string of the molecule is [2H]c1c([2H])c([2H])c(-c2nc(-c3ccc4c(c3)oc3cccc(-c5ccccc5-c5cccc6c5sc5ccccc56)c34)nc(-c3c([2H])c([2H])c([2H])c([2H])c3[2H])n2)c([2H])c1[2H]. The van der Waals surface area contributed by atoms with E-state index in [9.17, 15) is 0 Å². The maximum atomic E-state index is 8.65. The molecule has 4 nitrogen and oxygen atoms in total. The van der Waals surface area contributed by atoms with E-state index in [-0.39, 0.29) is 28.6 Å². The third-order valence-corrected chi connectivity index (χ3v) is 9.97. The number of benzene rings is 7. The predicted molar refractivity (Wildman–Crippen MR) is 207 cm³/mol. The first-order chi connectivity index (χ1) is 28.9. The fraction of sp³-hybridized carbons (Fsp3) is 0. The fourth-order valence-electron chi connectivity index (χ4n) is 6.55. The standard InChI is InChI=1S/C45H27N3OS/c1-3-13-28(14-4-1)43-46-44(29-15-5-2-6-16-29)48-45(47-43)30-25-26-37-39(27-30)49-38-23-12-20-34(41(37)38)31-17-7-8-18-32(31)35-21-11-22-36-33-19-9-10-24-40(33)50-42(35)36/h1-27H/i1D,2D,3D,4D,5D,6D,13D,14D,15D,16D. The van der Waals surface area contributed by atoms with Gasteiger partial charge in [-0.15, -0.1) is 11.3 Å². The van der Waals surface area contributed by atoms with E-state index in [0.717, 1.165) is 33.0 Å². The zero-order valence-corrected chi connectivity index (χ0v) is 26.8. The second-order valence-corrected chi connectivity index (χ2v) is 12.7. The zero-order chi connectivity index (χ0) is 41.7. The molecule has 0 atom stereocenters. The molecule has 0 amide bonds. The summed E-state index contributed by atoms with van der Waals surface area (Å²) in [6.07, 6.45) is 0. The van der Waals surface area contributed by atoms with Gasteiger partial charge in [-0.05, 0) is 41.0 Å². The van der Waals surface area contributed by atoms with Gasteiger partial charge in [0.1, 0.15) is 11.2 Å². The summed E-state index contributed by atoms with van der Waals surface area (Å²) in [7, 11) is 0. The highest BCUT2D eigenvalue weighted by Gasteiger charge is 2.19. The Kier molecular flexibility index (Phi) is 4.69. The largest absolute Gasteiger partial charge is 0.456 e. The Morgan fingerprint density at radius 1 is 0.460 bits per heavy atom. The number of hydrogen-bond acceptors (Lipinski definition) is 5. The van der Waals surface area contributed by atoms with E-state index in [1.807, 2.05) is 30.3 Å². The first-order valence-electron chi connectivity index (χ1n) is 20.8. The van der Waals surface area contributed by atoms with Gasteiger partial charge in [0.15, 0.2) is 17.5 Å². The van der Waals surface area contributed by atoms with Gasteiger partial charge in [-0.1, -0.05) is 139 Å². The molecule has 234 valence electrons. The average Bonchev–Trinajstić information content (AvgIpc) is 3.85. The first-order valence-corrected chi connectivity index (χ1v) is 16.6. The lowest BCUT2D eigenvalue weighted by Gasteiger charge is -2.12. The van der Waals surface area contributed by atoms with Gasteiger partial charge >= 0.3 is 0 Å². The molecule has 0 saturated heterocycles. The van der Waals surface area contributed by atoms with Crippen LogP contribution in [0.5, 0.6) is 0 Å². The van der Waals surface area contributed by atoms with Crippen molar-refractivity contribution >= 4 is 53.4 Å². The summed E-state index contributed by atoms with van der Waals surface area (Å²) in [6, 6.07) is 28.4. The molecule has 0 fully saturated rings. The highest BCUT2D eigenvalue weighted by Crippen LogP contribution is 2.45. The Labute approximate surface area is 306 Å². The van der Waals surface area contributed by atoms with Gasteiger partial charge in [-0.2, -0.15) is 0 Å². The molecule has 0 saturated carbocycles. The summed E-state index contributed by atoms with van der Waals surface area (Å²) < 4.78 is 92.9. The van der Waals surface area contributed by atoms with Crippen LogP contribution in [0.15, 0.2) is 168 Å². The Bertz CT molecular complexity index is 3330. The number of hydrogen-bond donors (Lipinski definition) is 0. The molecule has 7 aromatic carbocycles. The molecular weight excluding hydrogens is 631 g/mol. The second-order valence-electron chi connectivity index (χ2n) is 11.6. The summed E-state index contributed by atoms with van der Waals surface area (Å²) in [5.41, 5.74) is 4.98. The van der Waals surface area contributed by atoms with Crippen molar-refractivity contribution in [2.75, 3.05) is 0 Å². The highest BCUT2D eigenvalue weighted by molar-refractivity contribution is 7.26. The van der Waals surface area contributed by atoms with Crippen molar-refractivity contribution in [3.05, 3.63) is 164 Å². The van der Waals surface area contributed by atoms with Crippen LogP contribution < -0.4 is 0 Å². The Balaban J connectivity index is 1.17. The van der Waals surface area contributed by atoms with Crippen molar-refractivity contribution in [1.82, 2.24) is 15.0 Å².